The number of fused-ring (bicyclic) bond motifs is 1. The normalized spacial score (nSPS) is 21.1. The van der Waals surface area contributed by atoms with Crippen molar-refractivity contribution < 1.29 is 8.42 Å². The van der Waals surface area contributed by atoms with E-state index in [4.69, 9.17) is 4.98 Å². The number of nitrogens with one attached hydrogen (secondary N) is 1. The number of piperidine rings is 1. The first-order valence-electron chi connectivity index (χ1n) is 10.7. The quantitative estimate of drug-likeness (QED) is 0.768. The van der Waals surface area contributed by atoms with Crippen LogP contribution in [0.5, 0.6) is 0 Å². The van der Waals surface area contributed by atoms with Crippen LogP contribution in [0.4, 0.5) is 0 Å². The molecule has 0 spiro atoms. The third-order valence-electron chi connectivity index (χ3n) is 6.16. The van der Waals surface area contributed by atoms with Crippen molar-refractivity contribution in [3.8, 4) is 0 Å². The van der Waals surface area contributed by atoms with Gasteiger partial charge in [0, 0.05) is 44.8 Å². The average Bonchev–Trinajstić information content (AvgIpc) is 3.23. The van der Waals surface area contributed by atoms with Crippen LogP contribution in [0.2, 0.25) is 0 Å². The van der Waals surface area contributed by atoms with E-state index in [2.05, 4.69) is 28.8 Å². The van der Waals surface area contributed by atoms with Crippen molar-refractivity contribution in [2.24, 2.45) is 0 Å². The fourth-order valence-electron chi connectivity index (χ4n) is 4.32. The fourth-order valence-corrected chi connectivity index (χ4v) is 5.93. The molecule has 0 aliphatic carbocycles. The molecule has 1 unspecified atom stereocenters. The van der Waals surface area contributed by atoms with E-state index < -0.39 is 16.1 Å². The first kappa shape index (κ1) is 21.2. The van der Waals surface area contributed by atoms with Crippen LogP contribution in [0, 0.1) is 0 Å². The zero-order valence-corrected chi connectivity index (χ0v) is 18.7. The SMILES string of the molecule is CCn1cc(S(=O)(=O)N2CCCCC2c2nc3c(c(=O)[nH]2)CN(C(C)C)CC3)cn1. The molecule has 1 fully saturated rings. The lowest BCUT2D eigenvalue weighted by Crippen LogP contribution is -2.42. The third kappa shape index (κ3) is 3.83. The Morgan fingerprint density at radius 3 is 2.77 bits per heavy atom. The van der Waals surface area contributed by atoms with Crippen LogP contribution in [-0.2, 0) is 29.5 Å². The van der Waals surface area contributed by atoms with E-state index in [0.717, 1.165) is 25.1 Å². The largest absolute Gasteiger partial charge is 0.309 e. The summed E-state index contributed by atoms with van der Waals surface area (Å²) in [6.45, 7) is 8.59. The van der Waals surface area contributed by atoms with Gasteiger partial charge in [-0.3, -0.25) is 14.4 Å². The summed E-state index contributed by atoms with van der Waals surface area (Å²) in [6.07, 6.45) is 5.98. The van der Waals surface area contributed by atoms with Gasteiger partial charge < -0.3 is 4.98 Å². The lowest BCUT2D eigenvalue weighted by Gasteiger charge is -2.35. The second-order valence-corrected chi connectivity index (χ2v) is 10.2. The van der Waals surface area contributed by atoms with Crippen LogP contribution in [0.25, 0.3) is 0 Å². The Morgan fingerprint density at radius 2 is 2.07 bits per heavy atom. The Kier molecular flexibility index (Phi) is 5.82. The molecule has 30 heavy (non-hydrogen) atoms. The molecule has 1 atom stereocenters. The topological polar surface area (TPSA) is 104 Å². The molecule has 0 saturated carbocycles. The first-order chi connectivity index (χ1) is 14.3. The van der Waals surface area contributed by atoms with Crippen LogP contribution in [0.3, 0.4) is 0 Å². The average molecular weight is 435 g/mol. The molecule has 2 aliphatic rings. The van der Waals surface area contributed by atoms with Crippen molar-refractivity contribution in [2.75, 3.05) is 13.1 Å². The van der Waals surface area contributed by atoms with E-state index in [9.17, 15) is 13.2 Å². The number of aromatic nitrogens is 4. The van der Waals surface area contributed by atoms with Crippen molar-refractivity contribution in [1.82, 2.24) is 29.0 Å². The number of sulfonamides is 1. The molecule has 10 heteroatoms. The van der Waals surface area contributed by atoms with Gasteiger partial charge in [-0.25, -0.2) is 13.4 Å². The van der Waals surface area contributed by atoms with Gasteiger partial charge in [0.1, 0.15) is 10.7 Å². The molecular weight excluding hydrogens is 404 g/mol. The van der Waals surface area contributed by atoms with E-state index in [0.29, 0.717) is 49.9 Å². The molecular formula is C20H30N6O3S. The van der Waals surface area contributed by atoms with E-state index in [1.165, 1.54) is 10.5 Å². The zero-order valence-electron chi connectivity index (χ0n) is 17.8. The van der Waals surface area contributed by atoms with Crippen molar-refractivity contribution in [3.63, 3.8) is 0 Å². The number of hydrogen-bond acceptors (Lipinski definition) is 6. The van der Waals surface area contributed by atoms with Crippen LogP contribution < -0.4 is 5.56 Å². The van der Waals surface area contributed by atoms with Crippen molar-refractivity contribution in [3.05, 3.63) is 39.8 Å². The molecule has 4 rings (SSSR count). The number of aromatic amines is 1. The summed E-state index contributed by atoms with van der Waals surface area (Å²) in [5.41, 5.74) is 1.35. The predicted octanol–water partition coefficient (Wildman–Crippen LogP) is 1.67. The van der Waals surface area contributed by atoms with Gasteiger partial charge in [-0.15, -0.1) is 0 Å². The maximum Gasteiger partial charge on any atom is 0.255 e. The van der Waals surface area contributed by atoms with Gasteiger partial charge in [0.25, 0.3) is 5.56 Å². The number of hydrogen-bond donors (Lipinski definition) is 1. The van der Waals surface area contributed by atoms with Gasteiger partial charge in [-0.05, 0) is 33.6 Å². The number of nitrogens with zero attached hydrogens (tertiary/aromatic N) is 5. The summed E-state index contributed by atoms with van der Waals surface area (Å²) in [7, 11) is -3.72. The van der Waals surface area contributed by atoms with Gasteiger partial charge in [0.15, 0.2) is 0 Å². The summed E-state index contributed by atoms with van der Waals surface area (Å²) >= 11 is 0. The molecule has 0 aromatic carbocycles. The molecule has 2 aliphatic heterocycles. The highest BCUT2D eigenvalue weighted by atomic mass is 32.2. The molecule has 4 heterocycles. The number of rotatable bonds is 5. The Bertz CT molecular complexity index is 1070. The summed E-state index contributed by atoms with van der Waals surface area (Å²) in [6, 6.07) is -0.102. The first-order valence-corrected chi connectivity index (χ1v) is 12.2. The molecule has 0 amide bonds. The molecule has 1 saturated heterocycles. The molecule has 2 aromatic heterocycles. The monoisotopic (exact) mass is 434 g/mol. The van der Waals surface area contributed by atoms with E-state index in [1.54, 1.807) is 10.9 Å². The molecule has 2 aromatic rings. The maximum absolute atomic E-state index is 13.3. The van der Waals surface area contributed by atoms with E-state index in [-0.39, 0.29) is 10.5 Å². The fraction of sp³-hybridized carbons (Fsp3) is 0.650. The number of H-pyrrole nitrogens is 1. The summed E-state index contributed by atoms with van der Waals surface area (Å²) in [5, 5.41) is 4.12. The minimum atomic E-state index is -3.72. The van der Waals surface area contributed by atoms with Gasteiger partial charge in [-0.2, -0.15) is 9.40 Å². The molecule has 9 nitrogen and oxygen atoms in total. The second kappa shape index (κ2) is 8.24. The summed E-state index contributed by atoms with van der Waals surface area (Å²) in [5.74, 6) is 0.461. The van der Waals surface area contributed by atoms with Crippen molar-refractivity contribution in [1.29, 1.82) is 0 Å². The van der Waals surface area contributed by atoms with E-state index >= 15 is 0 Å². The number of aryl methyl sites for hydroxylation is 1. The lowest BCUT2D eigenvalue weighted by molar-refractivity contribution is 0.198. The van der Waals surface area contributed by atoms with Crippen LogP contribution >= 0.6 is 0 Å². The standard InChI is InChI=1S/C20H30N6O3S/c1-4-25-12-15(11-21-25)30(28,29)26-9-6-5-7-18(26)19-22-17-8-10-24(14(2)3)13-16(17)20(27)23-19/h11-12,14,18H,4-10,13H2,1-3H3,(H,22,23,27). The Hall–Kier alpha value is -2.04. The Labute approximate surface area is 177 Å². The minimum absolute atomic E-state index is 0.151. The smallest absolute Gasteiger partial charge is 0.255 e. The van der Waals surface area contributed by atoms with Crippen LogP contribution in [0.1, 0.15) is 63.2 Å². The molecule has 1 N–H and O–H groups in total. The molecule has 0 bridgehead atoms. The van der Waals surface area contributed by atoms with E-state index in [1.807, 2.05) is 6.92 Å². The highest BCUT2D eigenvalue weighted by Gasteiger charge is 2.37. The van der Waals surface area contributed by atoms with Crippen molar-refractivity contribution >= 4 is 10.0 Å². The lowest BCUT2D eigenvalue weighted by atomic mass is 10.0. The van der Waals surface area contributed by atoms with Crippen LogP contribution in [-0.4, -0.2) is 56.5 Å². The molecule has 164 valence electrons. The highest BCUT2D eigenvalue weighted by Crippen LogP contribution is 2.34. The molecule has 0 radical (unpaired) electrons. The maximum atomic E-state index is 13.3. The van der Waals surface area contributed by atoms with Gasteiger partial charge in [0.2, 0.25) is 10.0 Å². The van der Waals surface area contributed by atoms with Crippen LogP contribution in [0.15, 0.2) is 22.1 Å². The van der Waals surface area contributed by atoms with Gasteiger partial charge in [-0.1, -0.05) is 6.42 Å². The van der Waals surface area contributed by atoms with Gasteiger partial charge >= 0.3 is 0 Å². The summed E-state index contributed by atoms with van der Waals surface area (Å²) < 4.78 is 29.8. The minimum Gasteiger partial charge on any atom is -0.309 e. The van der Waals surface area contributed by atoms with Crippen molar-refractivity contribution in [2.45, 2.75) is 76.5 Å². The zero-order chi connectivity index (χ0) is 21.5. The highest BCUT2D eigenvalue weighted by molar-refractivity contribution is 7.89. The summed E-state index contributed by atoms with van der Waals surface area (Å²) in [4.78, 5) is 23.0. The second-order valence-electron chi connectivity index (χ2n) is 8.35. The predicted molar refractivity (Wildman–Crippen MR) is 112 cm³/mol. The Morgan fingerprint density at radius 1 is 1.27 bits per heavy atom. The van der Waals surface area contributed by atoms with Gasteiger partial charge in [0.05, 0.1) is 23.5 Å². The Balaban J connectivity index is 1.68. The third-order valence-corrected chi connectivity index (χ3v) is 8.02.